The Morgan fingerprint density at radius 1 is 1.20 bits per heavy atom. The van der Waals surface area contributed by atoms with E-state index in [1.54, 1.807) is 0 Å². The predicted molar refractivity (Wildman–Crippen MR) is 79.5 cm³/mol. The van der Waals surface area contributed by atoms with Crippen LogP contribution >= 0.6 is 23.2 Å². The quantitative estimate of drug-likeness (QED) is 0.898. The maximum Gasteiger partial charge on any atom is 0.126 e. The van der Waals surface area contributed by atoms with Gasteiger partial charge in [0.25, 0.3) is 0 Å². The second-order valence-electron chi connectivity index (χ2n) is 4.68. The highest BCUT2D eigenvalue weighted by Gasteiger charge is 2.22. The van der Waals surface area contributed by atoms with Crippen molar-refractivity contribution in [3.05, 3.63) is 57.8 Å². The zero-order valence-electron chi connectivity index (χ0n) is 10.5. The minimum absolute atomic E-state index is 0.0181. The van der Waals surface area contributed by atoms with Gasteiger partial charge >= 0.3 is 0 Å². The smallest absolute Gasteiger partial charge is 0.126 e. The van der Waals surface area contributed by atoms with Crippen LogP contribution in [0.25, 0.3) is 0 Å². The fourth-order valence-electron chi connectivity index (χ4n) is 2.29. The normalized spacial score (nSPS) is 16.6. The Labute approximate surface area is 126 Å². The molecule has 5 heteroatoms. The number of para-hydroxylation sites is 1. The molecule has 1 N–H and O–H groups in total. The maximum absolute atomic E-state index is 13.1. The van der Waals surface area contributed by atoms with Crippen molar-refractivity contribution in [2.45, 2.75) is 12.5 Å². The second-order valence-corrected chi connectivity index (χ2v) is 5.49. The molecule has 1 heterocycles. The average Bonchev–Trinajstić information content (AvgIpc) is 2.80. The van der Waals surface area contributed by atoms with Gasteiger partial charge in [-0.15, -0.1) is 0 Å². The minimum Gasteiger partial charge on any atom is -0.488 e. The van der Waals surface area contributed by atoms with Gasteiger partial charge in [0.05, 0.1) is 22.3 Å². The van der Waals surface area contributed by atoms with Crippen molar-refractivity contribution < 1.29 is 9.13 Å². The molecule has 104 valence electrons. The summed E-state index contributed by atoms with van der Waals surface area (Å²) in [6, 6.07) is 10.4. The number of nitrogens with one attached hydrogen (secondary N) is 1. The highest BCUT2D eigenvalue weighted by molar-refractivity contribution is 6.39. The largest absolute Gasteiger partial charge is 0.488 e. The number of ether oxygens (including phenoxy) is 1. The fraction of sp³-hybridized carbons (Fsp3) is 0.200. The monoisotopic (exact) mass is 311 g/mol. The first-order valence-electron chi connectivity index (χ1n) is 6.26. The fourth-order valence-corrected chi connectivity index (χ4v) is 2.89. The third-order valence-corrected chi connectivity index (χ3v) is 3.82. The molecule has 0 aromatic heterocycles. The van der Waals surface area contributed by atoms with Gasteiger partial charge < -0.3 is 10.1 Å². The summed E-state index contributed by atoms with van der Waals surface area (Å²) in [4.78, 5) is 0. The zero-order valence-corrected chi connectivity index (χ0v) is 12.0. The molecular formula is C15H12Cl2FNO. The van der Waals surface area contributed by atoms with Crippen LogP contribution in [0.2, 0.25) is 10.0 Å². The number of halogens is 3. The number of hydrogen-bond acceptors (Lipinski definition) is 2. The number of anilines is 1. The molecule has 0 saturated heterocycles. The summed E-state index contributed by atoms with van der Waals surface area (Å²) in [5, 5.41) is 3.67. The van der Waals surface area contributed by atoms with Crippen molar-refractivity contribution in [2.75, 3.05) is 11.9 Å². The molecule has 0 radical (unpaired) electrons. The van der Waals surface area contributed by atoms with E-state index >= 15 is 0 Å². The summed E-state index contributed by atoms with van der Waals surface area (Å²) in [5.41, 5.74) is 1.73. The molecule has 2 aromatic carbocycles. The summed E-state index contributed by atoms with van der Waals surface area (Å²) < 4.78 is 18.9. The first-order valence-corrected chi connectivity index (χ1v) is 7.02. The van der Waals surface area contributed by atoms with Gasteiger partial charge in [0.15, 0.2) is 0 Å². The van der Waals surface area contributed by atoms with E-state index in [2.05, 4.69) is 5.32 Å². The molecule has 1 aliphatic heterocycles. The SMILES string of the molecule is Fc1cc(Cl)c(NCC2Cc3ccccc3O2)c(Cl)c1. The lowest BCUT2D eigenvalue weighted by Gasteiger charge is -2.15. The number of benzene rings is 2. The zero-order chi connectivity index (χ0) is 14.1. The molecule has 0 saturated carbocycles. The van der Waals surface area contributed by atoms with Gasteiger partial charge in [-0.05, 0) is 23.8 Å². The van der Waals surface area contributed by atoms with E-state index in [1.807, 2.05) is 24.3 Å². The maximum atomic E-state index is 13.1. The molecule has 1 atom stereocenters. The summed E-state index contributed by atoms with van der Waals surface area (Å²) in [6.45, 7) is 0.555. The lowest BCUT2D eigenvalue weighted by Crippen LogP contribution is -2.24. The van der Waals surface area contributed by atoms with E-state index < -0.39 is 5.82 Å². The van der Waals surface area contributed by atoms with Gasteiger partial charge in [0.2, 0.25) is 0 Å². The Kier molecular flexibility index (Phi) is 3.72. The molecule has 20 heavy (non-hydrogen) atoms. The molecule has 0 aliphatic carbocycles. The van der Waals surface area contributed by atoms with Crippen LogP contribution in [-0.4, -0.2) is 12.6 Å². The Morgan fingerprint density at radius 3 is 2.60 bits per heavy atom. The van der Waals surface area contributed by atoms with E-state index in [0.29, 0.717) is 12.2 Å². The third kappa shape index (κ3) is 2.69. The Morgan fingerprint density at radius 2 is 1.90 bits per heavy atom. The molecule has 2 nitrogen and oxygen atoms in total. The molecule has 0 spiro atoms. The van der Waals surface area contributed by atoms with Gasteiger partial charge in [0, 0.05) is 6.42 Å². The van der Waals surface area contributed by atoms with Crippen molar-refractivity contribution in [1.82, 2.24) is 0 Å². The highest BCUT2D eigenvalue weighted by atomic mass is 35.5. The van der Waals surface area contributed by atoms with Crippen molar-refractivity contribution in [3.8, 4) is 5.75 Å². The highest BCUT2D eigenvalue weighted by Crippen LogP contribution is 2.33. The van der Waals surface area contributed by atoms with Crippen LogP contribution in [0.3, 0.4) is 0 Å². The Hall–Kier alpha value is -1.45. The molecule has 2 aromatic rings. The molecule has 0 amide bonds. The Balaban J connectivity index is 1.67. The van der Waals surface area contributed by atoms with E-state index in [9.17, 15) is 4.39 Å². The molecule has 1 aliphatic rings. The molecule has 3 rings (SSSR count). The second kappa shape index (κ2) is 5.51. The summed E-state index contributed by atoms with van der Waals surface area (Å²) in [5.74, 6) is 0.464. The Bertz CT molecular complexity index is 600. The number of hydrogen-bond donors (Lipinski definition) is 1. The van der Waals surface area contributed by atoms with Crippen LogP contribution in [0.4, 0.5) is 10.1 Å². The number of rotatable bonds is 3. The van der Waals surface area contributed by atoms with Crippen LogP contribution in [0.5, 0.6) is 5.75 Å². The first-order chi connectivity index (χ1) is 9.63. The van der Waals surface area contributed by atoms with Gasteiger partial charge in [-0.2, -0.15) is 0 Å². The molecule has 0 bridgehead atoms. The van der Waals surface area contributed by atoms with Crippen LogP contribution in [0.1, 0.15) is 5.56 Å². The van der Waals surface area contributed by atoms with E-state index in [1.165, 1.54) is 17.7 Å². The standard InChI is InChI=1S/C15H12Cl2FNO/c16-12-6-10(18)7-13(17)15(12)19-8-11-5-9-3-1-2-4-14(9)20-11/h1-4,6-7,11,19H,5,8H2. The van der Waals surface area contributed by atoms with E-state index in [4.69, 9.17) is 27.9 Å². The number of fused-ring (bicyclic) bond motifs is 1. The lowest BCUT2D eigenvalue weighted by atomic mass is 10.1. The topological polar surface area (TPSA) is 21.3 Å². The van der Waals surface area contributed by atoms with Gasteiger partial charge in [-0.25, -0.2) is 4.39 Å². The third-order valence-electron chi connectivity index (χ3n) is 3.23. The van der Waals surface area contributed by atoms with Crippen molar-refractivity contribution in [3.63, 3.8) is 0 Å². The van der Waals surface area contributed by atoms with Crippen molar-refractivity contribution in [1.29, 1.82) is 0 Å². The summed E-state index contributed by atoms with van der Waals surface area (Å²) >= 11 is 12.0. The lowest BCUT2D eigenvalue weighted by molar-refractivity contribution is 0.246. The van der Waals surface area contributed by atoms with Gasteiger partial charge in [-0.1, -0.05) is 41.4 Å². The van der Waals surface area contributed by atoms with Crippen LogP contribution in [0, 0.1) is 5.82 Å². The molecular weight excluding hydrogens is 300 g/mol. The van der Waals surface area contributed by atoms with E-state index in [-0.39, 0.29) is 16.1 Å². The minimum atomic E-state index is -0.449. The summed E-state index contributed by atoms with van der Waals surface area (Å²) in [7, 11) is 0. The van der Waals surface area contributed by atoms with Crippen molar-refractivity contribution in [2.24, 2.45) is 0 Å². The molecule has 0 fully saturated rings. The van der Waals surface area contributed by atoms with E-state index in [0.717, 1.165) is 12.2 Å². The van der Waals surface area contributed by atoms with Crippen LogP contribution < -0.4 is 10.1 Å². The predicted octanol–water partition coefficient (Wildman–Crippen LogP) is 4.55. The van der Waals surface area contributed by atoms with Crippen LogP contribution in [0.15, 0.2) is 36.4 Å². The summed E-state index contributed by atoms with van der Waals surface area (Å²) in [6.07, 6.45) is 0.851. The average molecular weight is 312 g/mol. The first kappa shape index (κ1) is 13.5. The van der Waals surface area contributed by atoms with Crippen molar-refractivity contribution >= 4 is 28.9 Å². The van der Waals surface area contributed by atoms with Gasteiger partial charge in [0.1, 0.15) is 17.7 Å². The van der Waals surface area contributed by atoms with Crippen LogP contribution in [-0.2, 0) is 6.42 Å². The van der Waals surface area contributed by atoms with Gasteiger partial charge in [-0.3, -0.25) is 0 Å². The molecule has 1 unspecified atom stereocenters.